The highest BCUT2D eigenvalue weighted by molar-refractivity contribution is 6.76. The second kappa shape index (κ2) is 6.13. The van der Waals surface area contributed by atoms with Crippen molar-refractivity contribution >= 4 is 14.8 Å². The maximum Gasteiger partial charge on any atom is 0.187 e. The minimum atomic E-state index is -1.14. The summed E-state index contributed by atoms with van der Waals surface area (Å²) in [6, 6.07) is 1.08. The number of alkyl halides is 1. The zero-order valence-corrected chi connectivity index (χ0v) is 10.6. The smallest absolute Gasteiger partial charge is 0.187 e. The first-order valence-corrected chi connectivity index (χ1v) is 8.52. The Morgan fingerprint density at radius 2 is 2.07 bits per heavy atom. The van der Waals surface area contributed by atoms with Crippen LogP contribution < -0.4 is 0 Å². The van der Waals surface area contributed by atoms with E-state index < -0.39 is 14.4 Å². The molecule has 0 rings (SSSR count). The molecule has 3 nitrogen and oxygen atoms in total. The Morgan fingerprint density at radius 3 is 2.43 bits per heavy atom. The molecule has 0 saturated heterocycles. The van der Waals surface area contributed by atoms with Gasteiger partial charge in [0, 0.05) is 21.4 Å². The van der Waals surface area contributed by atoms with E-state index in [0.717, 1.165) is 6.04 Å². The van der Waals surface area contributed by atoms with Crippen molar-refractivity contribution in [1.29, 1.82) is 0 Å². The molecule has 0 spiro atoms. The first-order chi connectivity index (χ1) is 6.37. The molecule has 0 saturated carbocycles. The molecule has 1 atom stereocenters. The molecule has 1 unspecified atom stereocenters. The Kier molecular flexibility index (Phi) is 5.95. The molecule has 0 aromatic rings. The second-order valence-corrected chi connectivity index (χ2v) is 10.1. The van der Waals surface area contributed by atoms with Gasteiger partial charge in [-0.2, -0.15) is 5.10 Å². The van der Waals surface area contributed by atoms with Crippen LogP contribution in [0.15, 0.2) is 5.10 Å². The zero-order valence-electron chi connectivity index (χ0n) is 9.59. The summed E-state index contributed by atoms with van der Waals surface area (Å²) in [6.07, 6.45) is -1.14. The normalized spacial score (nSPS) is 13.8. The van der Waals surface area contributed by atoms with E-state index in [0.29, 0.717) is 6.61 Å². The van der Waals surface area contributed by atoms with Crippen LogP contribution in [0, 0.1) is 0 Å². The van der Waals surface area contributed by atoms with Gasteiger partial charge in [0.25, 0.3) is 0 Å². The Labute approximate surface area is 86.9 Å². The summed E-state index contributed by atoms with van der Waals surface area (Å²) in [7, 11) is -1.05. The van der Waals surface area contributed by atoms with Crippen LogP contribution in [-0.4, -0.2) is 39.4 Å². The monoisotopic (exact) mass is 220 g/mol. The van der Waals surface area contributed by atoms with Gasteiger partial charge < -0.3 is 4.74 Å². The number of ether oxygens (including phenoxy) is 1. The zero-order chi connectivity index (χ0) is 11.2. The quantitative estimate of drug-likeness (QED) is 0.164. The third kappa shape index (κ3) is 7.03. The van der Waals surface area contributed by atoms with Gasteiger partial charge in [0.05, 0.1) is 0 Å². The lowest BCUT2D eigenvalue weighted by molar-refractivity contribution is -0.0216. The minimum absolute atomic E-state index is 0.186. The SMILES string of the molecule is C=NN(COCC[Si](C)(C)C)C(C)F. The number of hydrazone groups is 1. The fourth-order valence-electron chi connectivity index (χ4n) is 0.792. The largest absolute Gasteiger partial charge is 0.360 e. The first kappa shape index (κ1) is 13.6. The van der Waals surface area contributed by atoms with Crippen molar-refractivity contribution in [2.45, 2.75) is 38.9 Å². The Morgan fingerprint density at radius 1 is 1.50 bits per heavy atom. The summed E-state index contributed by atoms with van der Waals surface area (Å²) >= 11 is 0. The van der Waals surface area contributed by atoms with E-state index in [4.69, 9.17) is 4.74 Å². The van der Waals surface area contributed by atoms with Gasteiger partial charge in [-0.15, -0.1) is 0 Å². The predicted molar refractivity (Wildman–Crippen MR) is 60.9 cm³/mol. The molecule has 0 aromatic carbocycles. The lowest BCUT2D eigenvalue weighted by Gasteiger charge is -2.21. The third-order valence-corrected chi connectivity index (χ3v) is 3.52. The summed E-state index contributed by atoms with van der Waals surface area (Å²) in [6.45, 7) is 12.4. The van der Waals surface area contributed by atoms with Crippen LogP contribution in [0.3, 0.4) is 0 Å². The van der Waals surface area contributed by atoms with Gasteiger partial charge in [-0.3, -0.25) is 0 Å². The van der Waals surface area contributed by atoms with Gasteiger partial charge in [-0.05, 0) is 13.0 Å². The predicted octanol–water partition coefficient (Wildman–Crippen LogP) is 2.53. The van der Waals surface area contributed by atoms with E-state index >= 15 is 0 Å². The van der Waals surface area contributed by atoms with E-state index in [2.05, 4.69) is 31.5 Å². The number of nitrogens with zero attached hydrogens (tertiary/aromatic N) is 2. The molecule has 14 heavy (non-hydrogen) atoms. The van der Waals surface area contributed by atoms with Crippen LogP contribution in [0.1, 0.15) is 6.92 Å². The van der Waals surface area contributed by atoms with Gasteiger partial charge in [0.1, 0.15) is 6.73 Å². The molecule has 0 heterocycles. The highest BCUT2D eigenvalue weighted by Gasteiger charge is 2.13. The van der Waals surface area contributed by atoms with Crippen LogP contribution in [0.4, 0.5) is 4.39 Å². The minimum Gasteiger partial charge on any atom is -0.360 e. The molecule has 5 heteroatoms. The fraction of sp³-hybridized carbons (Fsp3) is 0.889. The van der Waals surface area contributed by atoms with Crippen molar-refractivity contribution in [1.82, 2.24) is 5.01 Å². The summed E-state index contributed by atoms with van der Waals surface area (Å²) < 4.78 is 18.1. The maximum absolute atomic E-state index is 12.7. The van der Waals surface area contributed by atoms with Crippen LogP contribution in [0.25, 0.3) is 0 Å². The Balaban J connectivity index is 3.57. The second-order valence-electron chi connectivity index (χ2n) is 4.50. The molecule has 0 bridgehead atoms. The van der Waals surface area contributed by atoms with Gasteiger partial charge in [0.15, 0.2) is 6.30 Å². The van der Waals surface area contributed by atoms with Crippen molar-refractivity contribution in [2.75, 3.05) is 13.3 Å². The van der Waals surface area contributed by atoms with Gasteiger partial charge >= 0.3 is 0 Å². The van der Waals surface area contributed by atoms with Crippen LogP contribution in [0.5, 0.6) is 0 Å². The van der Waals surface area contributed by atoms with Crippen LogP contribution in [0.2, 0.25) is 25.7 Å². The number of rotatable bonds is 7. The molecule has 0 aromatic heterocycles. The standard InChI is InChI=1S/C9H21FN2OSi/c1-9(10)12(11-2)8-13-6-7-14(3,4)5/h9H,2,6-8H2,1,3-5H3. The molecule has 0 fully saturated rings. The lowest BCUT2D eigenvalue weighted by Crippen LogP contribution is -2.28. The first-order valence-electron chi connectivity index (χ1n) is 4.82. The van der Waals surface area contributed by atoms with E-state index in [1.807, 2.05) is 0 Å². The van der Waals surface area contributed by atoms with Crippen molar-refractivity contribution in [2.24, 2.45) is 5.10 Å². The number of hydrogen-bond acceptors (Lipinski definition) is 3. The van der Waals surface area contributed by atoms with E-state index in [-0.39, 0.29) is 6.73 Å². The maximum atomic E-state index is 12.7. The summed E-state index contributed by atoms with van der Waals surface area (Å²) in [5.74, 6) is 0. The van der Waals surface area contributed by atoms with E-state index in [1.165, 1.54) is 11.9 Å². The highest BCUT2D eigenvalue weighted by Crippen LogP contribution is 2.08. The Hall–Kier alpha value is -0.423. The molecule has 0 aliphatic carbocycles. The molecular formula is C9H21FN2OSi. The summed E-state index contributed by atoms with van der Waals surface area (Å²) in [5.41, 5.74) is 0. The highest BCUT2D eigenvalue weighted by atomic mass is 28.3. The number of halogens is 1. The molecular weight excluding hydrogens is 199 g/mol. The average molecular weight is 220 g/mol. The fourth-order valence-corrected chi connectivity index (χ4v) is 1.55. The van der Waals surface area contributed by atoms with E-state index in [1.54, 1.807) is 0 Å². The summed E-state index contributed by atoms with van der Waals surface area (Å²) in [4.78, 5) is 0. The van der Waals surface area contributed by atoms with Crippen molar-refractivity contribution in [3.8, 4) is 0 Å². The van der Waals surface area contributed by atoms with Crippen molar-refractivity contribution in [3.63, 3.8) is 0 Å². The van der Waals surface area contributed by atoms with Crippen molar-refractivity contribution in [3.05, 3.63) is 0 Å². The topological polar surface area (TPSA) is 24.8 Å². The molecule has 0 N–H and O–H groups in total. The molecule has 0 amide bonds. The van der Waals surface area contributed by atoms with Gasteiger partial charge in [-0.1, -0.05) is 19.6 Å². The number of hydrogen-bond donors (Lipinski definition) is 0. The molecule has 0 aliphatic heterocycles. The average Bonchev–Trinajstić information content (AvgIpc) is 2.01. The summed E-state index contributed by atoms with van der Waals surface area (Å²) in [5, 5.41) is 4.70. The van der Waals surface area contributed by atoms with Crippen LogP contribution in [-0.2, 0) is 4.74 Å². The van der Waals surface area contributed by atoms with Gasteiger partial charge in [0.2, 0.25) is 0 Å². The molecule has 0 radical (unpaired) electrons. The molecule has 84 valence electrons. The van der Waals surface area contributed by atoms with Gasteiger partial charge in [-0.25, -0.2) is 9.40 Å². The lowest BCUT2D eigenvalue weighted by atomic mass is 10.7. The van der Waals surface area contributed by atoms with E-state index in [9.17, 15) is 4.39 Å². The Bertz CT molecular complexity index is 171. The third-order valence-electron chi connectivity index (χ3n) is 1.81. The molecule has 0 aliphatic rings. The van der Waals surface area contributed by atoms with Crippen molar-refractivity contribution < 1.29 is 9.13 Å². The van der Waals surface area contributed by atoms with Crippen LogP contribution >= 0.6 is 0 Å².